The molecule has 2 aromatic heterocycles. The largest absolute Gasteiger partial charge is 0.497 e. The van der Waals surface area contributed by atoms with E-state index in [4.69, 9.17) is 42.4 Å². The maximum absolute atomic E-state index is 13.6. The molecule has 70 heavy (non-hydrogen) atoms. The Bertz CT molecular complexity index is 2620. The molecule has 1 fully saturated rings. The van der Waals surface area contributed by atoms with Crippen LogP contribution in [0.2, 0.25) is 18.1 Å². The first kappa shape index (κ1) is 52.4. The van der Waals surface area contributed by atoms with E-state index in [1.54, 1.807) is 32.7 Å². The number of aromatic nitrogens is 4. The van der Waals surface area contributed by atoms with Crippen LogP contribution in [0.1, 0.15) is 93.9 Å². The van der Waals surface area contributed by atoms with Crippen molar-refractivity contribution in [1.29, 1.82) is 5.26 Å². The number of ether oxygens (including phenoxy) is 4. The standard InChI is InChI=1S/C54H67N6O8PSi/c1-37(2)60(38(3)4)69(65-32-18-31-55)67-50-49(68-70(10,11)53(5,6)7)47(66-52(50)59-36-58-48-45(56-35-57-51(48)59)33-46(61)39-19-14-12-15-20-39)34-64-54(40-21-16-13-17-22-40,41-23-27-43(62-8)28-24-41)42-25-29-44(63-9)30-26-42/h12-17,19-30,35-38,47,49-50,52H,18,32-34H2,1-11H3/t47-,49-,50-,52-,69?/m1/s1. The van der Waals surface area contributed by atoms with Crippen molar-refractivity contribution in [3.05, 3.63) is 150 Å². The second kappa shape index (κ2) is 22.8. The highest BCUT2D eigenvalue weighted by molar-refractivity contribution is 7.44. The van der Waals surface area contributed by atoms with Crippen molar-refractivity contribution in [3.63, 3.8) is 0 Å². The molecule has 370 valence electrons. The summed E-state index contributed by atoms with van der Waals surface area (Å²) in [6.45, 7) is 19.7. The van der Waals surface area contributed by atoms with Crippen LogP contribution in [-0.4, -0.2) is 96.1 Å². The van der Waals surface area contributed by atoms with Gasteiger partial charge in [0.05, 0.1) is 58.4 Å². The Labute approximate surface area is 415 Å². The first-order valence-electron chi connectivity index (χ1n) is 23.8. The fourth-order valence-corrected chi connectivity index (χ4v) is 11.7. The third-order valence-corrected chi connectivity index (χ3v) is 19.8. The molecular formula is C54H67N6O8PSi. The minimum Gasteiger partial charge on any atom is -0.497 e. The van der Waals surface area contributed by atoms with E-state index in [2.05, 4.69) is 89.4 Å². The minimum absolute atomic E-state index is 0.0138. The van der Waals surface area contributed by atoms with E-state index in [0.29, 0.717) is 33.9 Å². The minimum atomic E-state index is -2.64. The van der Waals surface area contributed by atoms with Crippen LogP contribution >= 0.6 is 8.53 Å². The first-order chi connectivity index (χ1) is 33.5. The Morgan fingerprint density at radius 1 is 0.814 bits per heavy atom. The van der Waals surface area contributed by atoms with Crippen molar-refractivity contribution in [2.45, 2.75) is 122 Å². The summed E-state index contributed by atoms with van der Waals surface area (Å²) in [4.78, 5) is 27.8. The quantitative estimate of drug-likeness (QED) is 0.0209. The molecule has 6 aromatic rings. The van der Waals surface area contributed by atoms with Gasteiger partial charge in [0.1, 0.15) is 47.3 Å². The fourth-order valence-electron chi connectivity index (χ4n) is 8.61. The molecule has 14 nitrogen and oxygen atoms in total. The summed E-state index contributed by atoms with van der Waals surface area (Å²) in [5.74, 6) is 1.32. The smallest absolute Gasteiger partial charge is 0.259 e. The molecule has 0 radical (unpaired) electrons. The van der Waals surface area contributed by atoms with Crippen LogP contribution in [0.3, 0.4) is 0 Å². The van der Waals surface area contributed by atoms with Crippen molar-refractivity contribution < 1.29 is 37.2 Å². The molecule has 1 unspecified atom stereocenters. The normalized spacial score (nSPS) is 18.1. The zero-order valence-corrected chi connectivity index (χ0v) is 44.1. The fraction of sp³-hybridized carbons (Fsp3) is 0.426. The van der Waals surface area contributed by atoms with Crippen molar-refractivity contribution in [2.24, 2.45) is 0 Å². The maximum Gasteiger partial charge on any atom is 0.259 e. The highest BCUT2D eigenvalue weighted by atomic mass is 31.2. The van der Waals surface area contributed by atoms with Crippen LogP contribution in [0.5, 0.6) is 11.5 Å². The number of ketones is 1. The molecule has 4 aromatic carbocycles. The molecule has 16 heteroatoms. The van der Waals surface area contributed by atoms with E-state index < -0.39 is 47.0 Å². The van der Waals surface area contributed by atoms with Crippen LogP contribution in [0.25, 0.3) is 11.2 Å². The van der Waals surface area contributed by atoms with E-state index in [1.807, 2.05) is 89.5 Å². The lowest BCUT2D eigenvalue weighted by Gasteiger charge is -2.43. The molecule has 0 spiro atoms. The Kier molecular flexibility index (Phi) is 17.1. The Morgan fingerprint density at radius 3 is 1.93 bits per heavy atom. The summed E-state index contributed by atoms with van der Waals surface area (Å²) in [5, 5.41) is 9.44. The highest BCUT2D eigenvalue weighted by Crippen LogP contribution is 2.53. The van der Waals surface area contributed by atoms with Gasteiger partial charge in [-0.2, -0.15) is 5.26 Å². The van der Waals surface area contributed by atoms with Gasteiger partial charge in [-0.1, -0.05) is 106 Å². The monoisotopic (exact) mass is 986 g/mol. The Morgan fingerprint density at radius 2 is 1.39 bits per heavy atom. The number of fused-ring (bicyclic) bond motifs is 1. The zero-order chi connectivity index (χ0) is 50.2. The molecule has 1 aliphatic rings. The summed E-state index contributed by atoms with van der Waals surface area (Å²) in [6, 6.07) is 37.4. The number of hydrogen-bond acceptors (Lipinski definition) is 13. The molecule has 0 N–H and O–H groups in total. The number of imidazole rings is 1. The lowest BCUT2D eigenvalue weighted by atomic mass is 9.80. The third kappa shape index (κ3) is 11.4. The number of rotatable bonds is 22. The van der Waals surface area contributed by atoms with E-state index in [1.165, 1.54) is 6.33 Å². The number of hydrogen-bond donors (Lipinski definition) is 0. The van der Waals surface area contributed by atoms with Gasteiger partial charge in [0.15, 0.2) is 26.0 Å². The Balaban J connectivity index is 1.40. The summed E-state index contributed by atoms with van der Waals surface area (Å²) in [5.41, 5.74) is 3.45. The second-order valence-corrected chi connectivity index (χ2v) is 25.6. The van der Waals surface area contributed by atoms with E-state index in [-0.39, 0.29) is 49.0 Å². The van der Waals surface area contributed by atoms with Crippen LogP contribution in [0.4, 0.5) is 0 Å². The lowest BCUT2D eigenvalue weighted by Crippen LogP contribution is -2.51. The number of benzene rings is 4. The Hall–Kier alpha value is -5.40. The molecule has 7 rings (SSSR count). The van der Waals surface area contributed by atoms with Crippen LogP contribution in [0, 0.1) is 11.3 Å². The zero-order valence-electron chi connectivity index (χ0n) is 42.2. The number of carbonyl (C=O) groups is 1. The third-order valence-electron chi connectivity index (χ3n) is 13.2. The topological polar surface area (TPSA) is 152 Å². The molecule has 0 saturated carbocycles. The highest BCUT2D eigenvalue weighted by Gasteiger charge is 2.54. The van der Waals surface area contributed by atoms with Crippen LogP contribution < -0.4 is 9.47 Å². The predicted octanol–water partition coefficient (Wildman–Crippen LogP) is 11.2. The van der Waals surface area contributed by atoms with Crippen LogP contribution in [-0.2, 0) is 35.0 Å². The lowest BCUT2D eigenvalue weighted by molar-refractivity contribution is -0.0928. The first-order valence-corrected chi connectivity index (χ1v) is 27.9. The van der Waals surface area contributed by atoms with Crippen molar-refractivity contribution in [2.75, 3.05) is 27.4 Å². The van der Waals surface area contributed by atoms with Gasteiger partial charge in [0, 0.05) is 17.6 Å². The van der Waals surface area contributed by atoms with Gasteiger partial charge >= 0.3 is 0 Å². The van der Waals surface area contributed by atoms with Gasteiger partial charge in [-0.05, 0) is 86.8 Å². The molecule has 1 saturated heterocycles. The molecule has 3 heterocycles. The van der Waals surface area contributed by atoms with Gasteiger partial charge in [0.25, 0.3) is 8.53 Å². The van der Waals surface area contributed by atoms with Crippen molar-refractivity contribution in [3.8, 4) is 17.6 Å². The van der Waals surface area contributed by atoms with Crippen molar-refractivity contribution >= 4 is 33.8 Å². The summed E-state index contributed by atoms with van der Waals surface area (Å²) < 4.78 is 51.9. The molecule has 1 aliphatic heterocycles. The van der Waals surface area contributed by atoms with E-state index in [9.17, 15) is 10.1 Å². The average molecular weight is 987 g/mol. The number of nitrogens with zero attached hydrogens (tertiary/aromatic N) is 6. The number of Topliss-reactive ketones (excluding diaryl/α,β-unsaturated/α-hetero) is 1. The number of nitriles is 1. The number of methoxy groups -OCH3 is 2. The maximum atomic E-state index is 13.6. The van der Waals surface area contributed by atoms with E-state index in [0.717, 1.165) is 16.7 Å². The average Bonchev–Trinajstić information content (AvgIpc) is 3.93. The van der Waals surface area contributed by atoms with E-state index >= 15 is 0 Å². The predicted molar refractivity (Wildman–Crippen MR) is 274 cm³/mol. The molecule has 5 atom stereocenters. The second-order valence-electron chi connectivity index (χ2n) is 19.5. The van der Waals surface area contributed by atoms with Gasteiger partial charge in [0.2, 0.25) is 0 Å². The molecule has 0 bridgehead atoms. The molecule has 0 aliphatic carbocycles. The summed E-state index contributed by atoms with van der Waals surface area (Å²) in [6.07, 6.45) is 0.146. The van der Waals surface area contributed by atoms with Gasteiger partial charge in [-0.3, -0.25) is 9.36 Å². The summed E-state index contributed by atoms with van der Waals surface area (Å²) in [7, 11) is -1.16. The van der Waals surface area contributed by atoms with Crippen LogP contribution in [0.15, 0.2) is 122 Å². The summed E-state index contributed by atoms with van der Waals surface area (Å²) >= 11 is 0. The SMILES string of the molecule is COc1ccc(C(OC[C@H]2O[C@@H](n3cnc4c(CC(=O)c5ccccc5)ncnc43)[C@H](OP(OCCC#N)N(C(C)C)C(C)C)[C@@H]2O[Si](C)(C)C(C)(C)C)(c2ccccc2)c2ccc(OC)cc2)cc1. The molecule has 0 amide bonds. The van der Waals surface area contributed by atoms with Gasteiger partial charge in [-0.15, -0.1) is 0 Å². The van der Waals surface area contributed by atoms with Crippen molar-refractivity contribution in [1.82, 2.24) is 24.2 Å². The van der Waals surface area contributed by atoms with Gasteiger partial charge in [-0.25, -0.2) is 19.6 Å². The number of carbonyl (C=O) groups excluding carboxylic acids is 1. The van der Waals surface area contributed by atoms with Gasteiger partial charge < -0.3 is 32.4 Å². The molecular weight excluding hydrogens is 920 g/mol.